The summed E-state index contributed by atoms with van der Waals surface area (Å²) in [5.41, 5.74) is -0.632. The van der Waals surface area contributed by atoms with Crippen LogP contribution in [0.5, 0.6) is 0 Å². The molecule has 1 aliphatic rings. The quantitative estimate of drug-likeness (QED) is 0.851. The summed E-state index contributed by atoms with van der Waals surface area (Å²) < 4.78 is 14.3. The molecule has 0 bridgehead atoms. The molecule has 0 radical (unpaired) electrons. The molecule has 0 saturated carbocycles. The lowest BCUT2D eigenvalue weighted by molar-refractivity contribution is 0.0395. The van der Waals surface area contributed by atoms with E-state index >= 15 is 0 Å². The molecular weight excluding hydrogens is 267 g/mol. The van der Waals surface area contributed by atoms with Crippen molar-refractivity contribution in [2.45, 2.75) is 38.3 Å². The number of likely N-dealkylation sites (tertiary alicyclic amines) is 1. The second-order valence-electron chi connectivity index (χ2n) is 5.08. The number of carbonyl (C=O) groups excluding carboxylic acids is 1. The van der Waals surface area contributed by atoms with Gasteiger partial charge in [0.2, 0.25) is 0 Å². The first-order chi connectivity index (χ1) is 9.04. The van der Waals surface area contributed by atoms with Gasteiger partial charge in [0, 0.05) is 25.5 Å². The monoisotopic (exact) mass is 284 g/mol. The number of piperidine rings is 1. The molecule has 0 spiro atoms. The third kappa shape index (κ3) is 3.44. The van der Waals surface area contributed by atoms with Crippen molar-refractivity contribution in [1.82, 2.24) is 9.88 Å². The first-order valence-electron chi connectivity index (χ1n) is 6.63. The van der Waals surface area contributed by atoms with Crippen LogP contribution in [0, 0.1) is 0 Å². The third-order valence-corrected chi connectivity index (χ3v) is 3.80. The van der Waals surface area contributed by atoms with Gasteiger partial charge in [-0.3, -0.25) is 9.78 Å². The number of amides is 1. The van der Waals surface area contributed by atoms with Gasteiger partial charge in [-0.1, -0.05) is 24.9 Å². The minimum absolute atomic E-state index is 0.117. The highest BCUT2D eigenvalue weighted by molar-refractivity contribution is 6.30. The Hall–Kier alpha value is -1.16. The van der Waals surface area contributed by atoms with Crippen LogP contribution in [-0.4, -0.2) is 34.5 Å². The van der Waals surface area contributed by atoms with E-state index in [0.717, 1.165) is 6.42 Å². The van der Waals surface area contributed by atoms with Crippen LogP contribution < -0.4 is 0 Å². The molecule has 1 aromatic heterocycles. The van der Waals surface area contributed by atoms with Crippen molar-refractivity contribution >= 4 is 17.5 Å². The summed E-state index contributed by atoms with van der Waals surface area (Å²) in [6, 6.07) is 1.60. The molecule has 0 N–H and O–H groups in total. The summed E-state index contributed by atoms with van der Waals surface area (Å²) in [5.74, 6) is -0.117. The lowest BCUT2D eigenvalue weighted by atomic mass is 9.89. The van der Waals surface area contributed by atoms with Crippen LogP contribution in [0.2, 0.25) is 5.02 Å². The van der Waals surface area contributed by atoms with Gasteiger partial charge < -0.3 is 4.90 Å². The van der Waals surface area contributed by atoms with Crippen LogP contribution in [0.25, 0.3) is 0 Å². The molecule has 2 heterocycles. The standard InChI is InChI=1S/C14H18ClFN2O/c1-2-3-14(16)4-6-18(7-5-14)13(19)11-8-12(15)10-17-9-11/h8-10H,2-7H2,1H3. The largest absolute Gasteiger partial charge is 0.338 e. The van der Waals surface area contributed by atoms with E-state index in [1.807, 2.05) is 6.92 Å². The lowest BCUT2D eigenvalue weighted by Gasteiger charge is -2.36. The highest BCUT2D eigenvalue weighted by atomic mass is 35.5. The molecule has 5 heteroatoms. The Kier molecular flexibility index (Phi) is 4.40. The Labute approximate surface area is 117 Å². The molecule has 19 heavy (non-hydrogen) atoms. The molecule has 1 amide bonds. The molecule has 3 nitrogen and oxygen atoms in total. The Morgan fingerprint density at radius 3 is 2.74 bits per heavy atom. The molecule has 1 aromatic rings. The number of hydrogen-bond acceptors (Lipinski definition) is 2. The van der Waals surface area contributed by atoms with Crippen LogP contribution in [0.4, 0.5) is 4.39 Å². The normalized spacial score (nSPS) is 18.4. The molecule has 0 atom stereocenters. The number of aromatic nitrogens is 1. The molecule has 1 fully saturated rings. The molecule has 1 saturated heterocycles. The van der Waals surface area contributed by atoms with Gasteiger partial charge in [-0.2, -0.15) is 0 Å². The van der Waals surface area contributed by atoms with Gasteiger partial charge in [0.05, 0.1) is 10.6 Å². The second kappa shape index (κ2) is 5.87. The molecular formula is C14H18ClFN2O. The van der Waals surface area contributed by atoms with Gasteiger partial charge in [-0.25, -0.2) is 4.39 Å². The Morgan fingerprint density at radius 2 is 2.16 bits per heavy atom. The van der Waals surface area contributed by atoms with E-state index in [-0.39, 0.29) is 5.91 Å². The topological polar surface area (TPSA) is 33.2 Å². The summed E-state index contributed by atoms with van der Waals surface area (Å²) in [7, 11) is 0. The predicted octanol–water partition coefficient (Wildman–Crippen LogP) is 3.48. The summed E-state index contributed by atoms with van der Waals surface area (Å²) in [4.78, 5) is 17.8. The van der Waals surface area contributed by atoms with Crippen molar-refractivity contribution < 1.29 is 9.18 Å². The fourth-order valence-electron chi connectivity index (χ4n) is 2.52. The number of hydrogen-bond donors (Lipinski definition) is 0. The van der Waals surface area contributed by atoms with Gasteiger partial charge >= 0.3 is 0 Å². The molecule has 0 unspecified atom stereocenters. The van der Waals surface area contributed by atoms with E-state index in [4.69, 9.17) is 11.6 Å². The number of carbonyl (C=O) groups is 1. The van der Waals surface area contributed by atoms with E-state index in [0.29, 0.717) is 42.9 Å². The van der Waals surface area contributed by atoms with Crippen LogP contribution in [0.3, 0.4) is 0 Å². The van der Waals surface area contributed by atoms with Crippen molar-refractivity contribution in [2.24, 2.45) is 0 Å². The number of rotatable bonds is 3. The number of halogens is 2. The molecule has 0 aromatic carbocycles. The summed E-state index contributed by atoms with van der Waals surface area (Å²) in [5, 5.41) is 0.439. The zero-order valence-electron chi connectivity index (χ0n) is 11.0. The maximum absolute atomic E-state index is 14.3. The highest BCUT2D eigenvalue weighted by Crippen LogP contribution is 2.31. The van der Waals surface area contributed by atoms with Crippen LogP contribution in [0.15, 0.2) is 18.5 Å². The van der Waals surface area contributed by atoms with E-state index < -0.39 is 5.67 Å². The van der Waals surface area contributed by atoms with Crippen LogP contribution in [-0.2, 0) is 0 Å². The molecule has 1 aliphatic heterocycles. The number of nitrogens with zero attached hydrogens (tertiary/aromatic N) is 2. The maximum Gasteiger partial charge on any atom is 0.255 e. The summed E-state index contributed by atoms with van der Waals surface area (Å²) in [6.07, 6.45) is 5.23. The van der Waals surface area contributed by atoms with E-state index in [1.165, 1.54) is 12.4 Å². The smallest absolute Gasteiger partial charge is 0.255 e. The van der Waals surface area contributed by atoms with E-state index in [2.05, 4.69) is 4.98 Å². The first kappa shape index (κ1) is 14.3. The predicted molar refractivity (Wildman–Crippen MR) is 73.1 cm³/mol. The zero-order valence-corrected chi connectivity index (χ0v) is 11.8. The molecule has 2 rings (SSSR count). The van der Waals surface area contributed by atoms with E-state index in [9.17, 15) is 9.18 Å². The van der Waals surface area contributed by atoms with Crippen LogP contribution >= 0.6 is 11.6 Å². The van der Waals surface area contributed by atoms with Crippen molar-refractivity contribution in [3.05, 3.63) is 29.0 Å². The van der Waals surface area contributed by atoms with Gasteiger partial charge in [-0.05, 0) is 25.3 Å². The van der Waals surface area contributed by atoms with Crippen molar-refractivity contribution in [3.8, 4) is 0 Å². The third-order valence-electron chi connectivity index (χ3n) is 3.60. The highest BCUT2D eigenvalue weighted by Gasteiger charge is 2.35. The average Bonchev–Trinajstić information content (AvgIpc) is 2.39. The Balaban J connectivity index is 2.00. The van der Waals surface area contributed by atoms with Crippen LogP contribution in [0.1, 0.15) is 43.0 Å². The van der Waals surface area contributed by atoms with Crippen molar-refractivity contribution in [3.63, 3.8) is 0 Å². The van der Waals surface area contributed by atoms with Gasteiger partial charge in [0.25, 0.3) is 5.91 Å². The average molecular weight is 285 g/mol. The molecule has 104 valence electrons. The van der Waals surface area contributed by atoms with Crippen molar-refractivity contribution in [1.29, 1.82) is 0 Å². The van der Waals surface area contributed by atoms with E-state index in [1.54, 1.807) is 11.0 Å². The zero-order chi connectivity index (χ0) is 13.9. The fourth-order valence-corrected chi connectivity index (χ4v) is 2.69. The van der Waals surface area contributed by atoms with Gasteiger partial charge in [0.1, 0.15) is 5.67 Å². The SMILES string of the molecule is CCCC1(F)CCN(C(=O)c2cncc(Cl)c2)CC1. The fraction of sp³-hybridized carbons (Fsp3) is 0.571. The maximum atomic E-state index is 14.3. The minimum atomic E-state index is -1.10. The number of pyridine rings is 1. The summed E-state index contributed by atoms with van der Waals surface area (Å²) >= 11 is 5.82. The number of alkyl halides is 1. The summed E-state index contributed by atoms with van der Waals surface area (Å²) in [6.45, 7) is 2.90. The Bertz CT molecular complexity index is 459. The molecule has 0 aliphatic carbocycles. The van der Waals surface area contributed by atoms with Gasteiger partial charge in [-0.15, -0.1) is 0 Å². The lowest BCUT2D eigenvalue weighted by Crippen LogP contribution is -2.44. The second-order valence-corrected chi connectivity index (χ2v) is 5.52. The van der Waals surface area contributed by atoms with Crippen molar-refractivity contribution in [2.75, 3.05) is 13.1 Å². The minimum Gasteiger partial charge on any atom is -0.338 e. The Morgan fingerprint density at radius 1 is 1.47 bits per heavy atom. The first-order valence-corrected chi connectivity index (χ1v) is 7.00. The van der Waals surface area contributed by atoms with Gasteiger partial charge in [0.15, 0.2) is 0 Å².